The van der Waals surface area contributed by atoms with E-state index in [0.717, 1.165) is 22.5 Å². The average molecular weight is 439 g/mol. The molecule has 0 saturated carbocycles. The van der Waals surface area contributed by atoms with Crippen molar-refractivity contribution in [3.63, 3.8) is 0 Å². The van der Waals surface area contributed by atoms with Crippen LogP contribution in [-0.2, 0) is 4.79 Å². The maximum Gasteiger partial charge on any atom is 0.263 e. The van der Waals surface area contributed by atoms with Crippen molar-refractivity contribution in [1.29, 1.82) is 0 Å². The van der Waals surface area contributed by atoms with Gasteiger partial charge < -0.3 is 10.1 Å². The second kappa shape index (κ2) is 8.69. The number of ether oxygens (including phenoxy) is 1. The van der Waals surface area contributed by atoms with E-state index in [0.29, 0.717) is 21.7 Å². The molecule has 0 saturated heterocycles. The molecule has 1 N–H and O–H groups in total. The molecule has 0 atom stereocenters. The molecule has 0 fully saturated rings. The third kappa shape index (κ3) is 4.69. The minimum atomic E-state index is -0.272. The van der Waals surface area contributed by atoms with Crippen molar-refractivity contribution in [2.75, 3.05) is 11.9 Å². The molecule has 8 heteroatoms. The lowest BCUT2D eigenvalue weighted by atomic mass is 10.2. The van der Waals surface area contributed by atoms with Gasteiger partial charge in [-0.1, -0.05) is 41.4 Å². The Balaban J connectivity index is 1.48. The van der Waals surface area contributed by atoms with Crippen LogP contribution in [0.15, 0.2) is 60.0 Å². The lowest BCUT2D eigenvalue weighted by Crippen LogP contribution is -2.21. The minimum absolute atomic E-state index is 0.0960. The van der Waals surface area contributed by atoms with Gasteiger partial charge in [-0.15, -0.1) is 11.3 Å². The molecule has 0 unspecified atom stereocenters. The largest absolute Gasteiger partial charge is 0.484 e. The topological polar surface area (TPSA) is 69.0 Å². The van der Waals surface area contributed by atoms with Gasteiger partial charge in [-0.2, -0.15) is 9.78 Å². The van der Waals surface area contributed by atoms with Crippen LogP contribution < -0.4 is 10.1 Å². The van der Waals surface area contributed by atoms with Gasteiger partial charge >= 0.3 is 0 Å². The van der Waals surface area contributed by atoms with Crippen LogP contribution in [0.3, 0.4) is 0 Å². The summed E-state index contributed by atoms with van der Waals surface area (Å²) in [5.41, 5.74) is 3.68. The summed E-state index contributed by atoms with van der Waals surface area (Å²) in [6, 6.07) is 16.8. The summed E-state index contributed by atoms with van der Waals surface area (Å²) in [7, 11) is 0. The third-order valence-electron chi connectivity index (χ3n) is 4.30. The van der Waals surface area contributed by atoms with E-state index in [9.17, 15) is 4.79 Å². The molecule has 6 nitrogen and oxygen atoms in total. The summed E-state index contributed by atoms with van der Waals surface area (Å²) < 4.78 is 7.18. The van der Waals surface area contributed by atoms with Crippen molar-refractivity contribution >= 4 is 34.7 Å². The van der Waals surface area contributed by atoms with Crippen molar-refractivity contribution < 1.29 is 9.53 Å². The Labute approximate surface area is 183 Å². The van der Waals surface area contributed by atoms with Crippen molar-refractivity contribution in [2.45, 2.75) is 13.8 Å². The predicted octanol–water partition coefficient (Wildman–Crippen LogP) is 5.28. The number of benzene rings is 2. The van der Waals surface area contributed by atoms with E-state index in [1.807, 2.05) is 67.8 Å². The molecule has 1 amide bonds. The van der Waals surface area contributed by atoms with Gasteiger partial charge in [0.1, 0.15) is 11.6 Å². The van der Waals surface area contributed by atoms with Gasteiger partial charge in [-0.25, -0.2) is 4.98 Å². The van der Waals surface area contributed by atoms with Gasteiger partial charge in [0.2, 0.25) is 5.13 Å². The van der Waals surface area contributed by atoms with Crippen LogP contribution in [0, 0.1) is 13.8 Å². The number of hydrogen-bond donors (Lipinski definition) is 1. The Morgan fingerprint density at radius 2 is 1.87 bits per heavy atom. The van der Waals surface area contributed by atoms with Crippen molar-refractivity contribution in [3.05, 3.63) is 76.3 Å². The molecule has 4 rings (SSSR count). The van der Waals surface area contributed by atoms with E-state index in [4.69, 9.17) is 16.3 Å². The molecule has 4 aromatic rings. The van der Waals surface area contributed by atoms with E-state index in [-0.39, 0.29) is 12.5 Å². The minimum Gasteiger partial charge on any atom is -0.484 e. The average Bonchev–Trinajstić information content (AvgIpc) is 3.35. The lowest BCUT2D eigenvalue weighted by molar-refractivity contribution is -0.118. The number of halogens is 1. The molecule has 2 aromatic heterocycles. The van der Waals surface area contributed by atoms with Gasteiger partial charge in [0.15, 0.2) is 6.61 Å². The van der Waals surface area contributed by atoms with Crippen LogP contribution in [0.1, 0.15) is 11.3 Å². The normalized spacial score (nSPS) is 10.8. The van der Waals surface area contributed by atoms with Gasteiger partial charge in [-0.05, 0) is 38.1 Å². The van der Waals surface area contributed by atoms with E-state index in [1.54, 1.807) is 10.7 Å². The Morgan fingerprint density at radius 1 is 1.13 bits per heavy atom. The molecule has 2 heterocycles. The molecule has 152 valence electrons. The Kier molecular flexibility index (Phi) is 5.83. The van der Waals surface area contributed by atoms with Gasteiger partial charge in [-0.3, -0.25) is 4.79 Å². The number of nitrogens with zero attached hydrogens (tertiary/aromatic N) is 3. The number of amides is 1. The van der Waals surface area contributed by atoms with E-state index in [1.165, 1.54) is 11.3 Å². The smallest absolute Gasteiger partial charge is 0.263 e. The molecule has 0 radical (unpaired) electrons. The summed E-state index contributed by atoms with van der Waals surface area (Å²) in [5, 5.41) is 10.6. The zero-order chi connectivity index (χ0) is 21.1. The maximum atomic E-state index is 12.4. The summed E-state index contributed by atoms with van der Waals surface area (Å²) in [5.74, 6) is 0.918. The first-order valence-electron chi connectivity index (χ1n) is 9.26. The van der Waals surface area contributed by atoms with Crippen LogP contribution >= 0.6 is 22.9 Å². The van der Waals surface area contributed by atoms with E-state index < -0.39 is 0 Å². The summed E-state index contributed by atoms with van der Waals surface area (Å²) >= 11 is 7.40. The Bertz CT molecular complexity index is 1170. The number of anilines is 1. The third-order valence-corrected chi connectivity index (χ3v) is 5.37. The number of thiazole rings is 1. The predicted molar refractivity (Wildman–Crippen MR) is 120 cm³/mol. The Hall–Kier alpha value is -3.16. The summed E-state index contributed by atoms with van der Waals surface area (Å²) in [4.78, 5) is 17.1. The number of hydrogen-bond acceptors (Lipinski definition) is 5. The second-order valence-corrected chi connectivity index (χ2v) is 8.03. The Morgan fingerprint density at radius 3 is 2.60 bits per heavy atom. The molecule has 30 heavy (non-hydrogen) atoms. The fourth-order valence-corrected chi connectivity index (χ4v) is 3.73. The zero-order valence-electron chi connectivity index (χ0n) is 16.4. The first-order chi connectivity index (χ1) is 14.5. The molecule has 0 aliphatic heterocycles. The fraction of sp³-hybridized carbons (Fsp3) is 0.136. The first kappa shape index (κ1) is 20.1. The first-order valence-corrected chi connectivity index (χ1v) is 10.5. The number of carbonyl (C=O) groups excluding carboxylic acids is 1. The molecule has 0 spiro atoms. The van der Waals surface area contributed by atoms with Gasteiger partial charge in [0.05, 0.1) is 11.4 Å². The van der Waals surface area contributed by atoms with Crippen molar-refractivity contribution in [1.82, 2.24) is 14.8 Å². The van der Waals surface area contributed by atoms with Crippen LogP contribution in [0.4, 0.5) is 5.82 Å². The monoisotopic (exact) mass is 438 g/mol. The quantitative estimate of drug-likeness (QED) is 0.444. The van der Waals surface area contributed by atoms with Crippen molar-refractivity contribution in [2.24, 2.45) is 0 Å². The molecule has 2 aromatic carbocycles. The highest BCUT2D eigenvalue weighted by atomic mass is 35.5. The SMILES string of the molecule is Cc1ccc(OCC(=O)Nc2cc(C)nn2-c2nc(-c3ccc(Cl)cc3)cs2)cc1. The highest BCUT2D eigenvalue weighted by Gasteiger charge is 2.15. The number of rotatable bonds is 6. The highest BCUT2D eigenvalue weighted by molar-refractivity contribution is 7.12. The molecule has 0 bridgehead atoms. The van der Waals surface area contributed by atoms with Gasteiger partial charge in [0.25, 0.3) is 5.91 Å². The number of aryl methyl sites for hydroxylation is 2. The van der Waals surface area contributed by atoms with Crippen LogP contribution in [0.2, 0.25) is 5.02 Å². The summed E-state index contributed by atoms with van der Waals surface area (Å²) in [6.45, 7) is 3.76. The van der Waals surface area contributed by atoms with Crippen LogP contribution in [0.5, 0.6) is 5.75 Å². The molecular weight excluding hydrogens is 420 g/mol. The molecule has 0 aliphatic carbocycles. The number of aromatic nitrogens is 3. The van der Waals surface area contributed by atoms with E-state index >= 15 is 0 Å². The zero-order valence-corrected chi connectivity index (χ0v) is 18.0. The number of carbonyl (C=O) groups is 1. The number of nitrogens with one attached hydrogen (secondary N) is 1. The lowest BCUT2D eigenvalue weighted by Gasteiger charge is -2.08. The molecular formula is C22H19ClN4O2S. The summed E-state index contributed by atoms with van der Waals surface area (Å²) in [6.07, 6.45) is 0. The van der Waals surface area contributed by atoms with Crippen LogP contribution in [-0.4, -0.2) is 27.3 Å². The molecule has 0 aliphatic rings. The van der Waals surface area contributed by atoms with Crippen LogP contribution in [0.25, 0.3) is 16.4 Å². The van der Waals surface area contributed by atoms with E-state index in [2.05, 4.69) is 15.4 Å². The fourth-order valence-electron chi connectivity index (χ4n) is 2.81. The second-order valence-electron chi connectivity index (χ2n) is 6.75. The standard InChI is InChI=1S/C22H19ClN4O2S/c1-14-3-9-18(10-4-14)29-12-21(28)25-20-11-15(2)26-27(20)22-24-19(13-30-22)16-5-7-17(23)8-6-16/h3-11,13H,12H2,1-2H3,(H,25,28). The van der Waals surface area contributed by atoms with Gasteiger partial charge in [0, 0.05) is 22.0 Å². The highest BCUT2D eigenvalue weighted by Crippen LogP contribution is 2.27. The van der Waals surface area contributed by atoms with Crippen molar-refractivity contribution in [3.8, 4) is 22.1 Å². The maximum absolute atomic E-state index is 12.4.